The smallest absolute Gasteiger partial charge is 0.416 e. The zero-order valence-electron chi connectivity index (χ0n) is 16.0. The maximum atomic E-state index is 12.6. The number of anilines is 1. The first-order chi connectivity index (χ1) is 13.5. The van der Waals surface area contributed by atoms with E-state index in [-0.39, 0.29) is 23.7 Å². The first-order valence-corrected chi connectivity index (χ1v) is 8.52. The highest BCUT2D eigenvalue weighted by atomic mass is 19.4. The Morgan fingerprint density at radius 2 is 1.86 bits per heavy atom. The molecule has 2 aromatic carbocycles. The van der Waals surface area contributed by atoms with Gasteiger partial charge in [0.1, 0.15) is 5.75 Å². The van der Waals surface area contributed by atoms with Crippen molar-refractivity contribution in [2.75, 3.05) is 19.5 Å². The van der Waals surface area contributed by atoms with Crippen LogP contribution in [0.5, 0.6) is 5.75 Å². The molecule has 29 heavy (non-hydrogen) atoms. The van der Waals surface area contributed by atoms with E-state index in [2.05, 4.69) is 5.32 Å². The van der Waals surface area contributed by atoms with Gasteiger partial charge in [-0.2, -0.15) is 13.2 Å². The topological polar surface area (TPSA) is 84.7 Å². The standard InChI is InChI=1S/C19H20F3N3O4/c1-12(24(2)11-13-4-6-14(7-5-13)19(20,21)22)18(26)23-16-10-15(25(27)28)8-9-17(16)29-3/h4-10,12H,11H2,1-3H3,(H,23,26). The number of rotatable bonds is 7. The molecule has 0 fully saturated rings. The van der Waals surface area contributed by atoms with Crippen LogP contribution in [-0.4, -0.2) is 35.9 Å². The Morgan fingerprint density at radius 3 is 2.38 bits per heavy atom. The average Bonchev–Trinajstić information content (AvgIpc) is 2.66. The van der Waals surface area contributed by atoms with Crippen molar-refractivity contribution < 1.29 is 27.6 Å². The Kier molecular flexibility index (Phi) is 6.80. The van der Waals surface area contributed by atoms with Crippen LogP contribution in [0.2, 0.25) is 0 Å². The second-order valence-electron chi connectivity index (χ2n) is 6.42. The number of ether oxygens (including phenoxy) is 1. The molecule has 0 spiro atoms. The molecule has 0 saturated carbocycles. The van der Waals surface area contributed by atoms with Gasteiger partial charge in [-0.05, 0) is 37.7 Å². The number of amides is 1. The molecule has 10 heteroatoms. The number of carbonyl (C=O) groups is 1. The first-order valence-electron chi connectivity index (χ1n) is 8.52. The Bertz CT molecular complexity index is 885. The molecule has 0 radical (unpaired) electrons. The fourth-order valence-corrected chi connectivity index (χ4v) is 2.57. The fourth-order valence-electron chi connectivity index (χ4n) is 2.57. The van der Waals surface area contributed by atoms with E-state index in [4.69, 9.17) is 4.74 Å². The number of nitro benzene ring substituents is 1. The lowest BCUT2D eigenvalue weighted by Crippen LogP contribution is -2.39. The Labute approximate surface area is 165 Å². The van der Waals surface area contributed by atoms with Crippen LogP contribution in [0.15, 0.2) is 42.5 Å². The van der Waals surface area contributed by atoms with E-state index in [0.717, 1.165) is 12.1 Å². The van der Waals surface area contributed by atoms with E-state index in [1.54, 1.807) is 18.9 Å². The highest BCUT2D eigenvalue weighted by Crippen LogP contribution is 2.30. The number of halogens is 3. The summed E-state index contributed by atoms with van der Waals surface area (Å²) in [4.78, 5) is 24.5. The summed E-state index contributed by atoms with van der Waals surface area (Å²) in [7, 11) is 3.02. The molecule has 2 aromatic rings. The van der Waals surface area contributed by atoms with E-state index in [1.807, 2.05) is 0 Å². The fraction of sp³-hybridized carbons (Fsp3) is 0.316. The zero-order chi connectivity index (χ0) is 21.8. The molecule has 0 aliphatic rings. The minimum Gasteiger partial charge on any atom is -0.495 e. The number of nitrogens with one attached hydrogen (secondary N) is 1. The van der Waals surface area contributed by atoms with Crippen molar-refractivity contribution in [2.45, 2.75) is 25.7 Å². The number of nitro groups is 1. The van der Waals surface area contributed by atoms with Crippen LogP contribution < -0.4 is 10.1 Å². The number of benzene rings is 2. The maximum absolute atomic E-state index is 12.6. The van der Waals surface area contributed by atoms with Gasteiger partial charge in [0.2, 0.25) is 5.91 Å². The Morgan fingerprint density at radius 1 is 1.24 bits per heavy atom. The molecule has 1 N–H and O–H groups in total. The molecule has 0 saturated heterocycles. The quantitative estimate of drug-likeness (QED) is 0.548. The molecule has 7 nitrogen and oxygen atoms in total. The molecule has 0 aromatic heterocycles. The summed E-state index contributed by atoms with van der Waals surface area (Å²) in [5.74, 6) is -0.181. The molecule has 1 amide bonds. The van der Waals surface area contributed by atoms with Gasteiger partial charge in [0, 0.05) is 18.7 Å². The van der Waals surface area contributed by atoms with Crippen LogP contribution in [0.3, 0.4) is 0 Å². The minimum atomic E-state index is -4.41. The third kappa shape index (κ3) is 5.67. The van der Waals surface area contributed by atoms with Gasteiger partial charge in [-0.1, -0.05) is 12.1 Å². The number of methoxy groups -OCH3 is 1. The molecule has 156 valence electrons. The number of nitrogens with zero attached hydrogens (tertiary/aromatic N) is 2. The second kappa shape index (κ2) is 8.91. The van der Waals surface area contributed by atoms with E-state index in [9.17, 15) is 28.1 Å². The summed E-state index contributed by atoms with van der Waals surface area (Å²) < 4.78 is 43.1. The van der Waals surface area contributed by atoms with Crippen molar-refractivity contribution in [3.63, 3.8) is 0 Å². The van der Waals surface area contributed by atoms with Crippen molar-refractivity contribution in [2.24, 2.45) is 0 Å². The third-order valence-electron chi connectivity index (χ3n) is 4.41. The summed E-state index contributed by atoms with van der Waals surface area (Å²) in [6.45, 7) is 1.85. The predicted octanol–water partition coefficient (Wildman–Crippen LogP) is 4.08. The lowest BCUT2D eigenvalue weighted by atomic mass is 10.1. The molecule has 0 aliphatic heterocycles. The van der Waals surface area contributed by atoms with Crippen LogP contribution in [0.1, 0.15) is 18.1 Å². The highest BCUT2D eigenvalue weighted by Gasteiger charge is 2.30. The summed E-state index contributed by atoms with van der Waals surface area (Å²) in [5, 5.41) is 13.5. The lowest BCUT2D eigenvalue weighted by molar-refractivity contribution is -0.384. The summed E-state index contributed by atoms with van der Waals surface area (Å²) >= 11 is 0. The van der Waals surface area contributed by atoms with Gasteiger partial charge in [0.25, 0.3) is 5.69 Å². The lowest BCUT2D eigenvalue weighted by Gasteiger charge is -2.24. The van der Waals surface area contributed by atoms with Gasteiger partial charge in [-0.3, -0.25) is 19.8 Å². The molecule has 0 bridgehead atoms. The maximum Gasteiger partial charge on any atom is 0.416 e. The van der Waals surface area contributed by atoms with E-state index < -0.39 is 28.6 Å². The number of alkyl halides is 3. The van der Waals surface area contributed by atoms with Crippen LogP contribution >= 0.6 is 0 Å². The molecule has 2 rings (SSSR count). The SMILES string of the molecule is COc1ccc([N+](=O)[O-])cc1NC(=O)C(C)N(C)Cc1ccc(C(F)(F)F)cc1. The van der Waals surface area contributed by atoms with Crippen LogP contribution in [0.25, 0.3) is 0 Å². The van der Waals surface area contributed by atoms with Crippen molar-refractivity contribution in [1.29, 1.82) is 0 Å². The molecule has 0 aliphatic carbocycles. The number of carbonyl (C=O) groups excluding carboxylic acids is 1. The van der Waals surface area contributed by atoms with E-state index in [1.165, 1.54) is 37.4 Å². The average molecular weight is 411 g/mol. The van der Waals surface area contributed by atoms with Crippen molar-refractivity contribution >= 4 is 17.3 Å². The highest BCUT2D eigenvalue weighted by molar-refractivity contribution is 5.96. The van der Waals surface area contributed by atoms with Gasteiger partial charge < -0.3 is 10.1 Å². The normalized spacial score (nSPS) is 12.5. The molecule has 1 unspecified atom stereocenters. The molecule has 1 atom stereocenters. The van der Waals surface area contributed by atoms with Crippen LogP contribution in [0, 0.1) is 10.1 Å². The summed E-state index contributed by atoms with van der Waals surface area (Å²) in [5.41, 5.74) is -0.186. The van der Waals surface area contributed by atoms with E-state index >= 15 is 0 Å². The van der Waals surface area contributed by atoms with Gasteiger partial charge in [-0.25, -0.2) is 0 Å². The van der Waals surface area contributed by atoms with Crippen molar-refractivity contribution in [3.8, 4) is 5.75 Å². The van der Waals surface area contributed by atoms with Crippen molar-refractivity contribution in [3.05, 3.63) is 63.7 Å². The van der Waals surface area contributed by atoms with Crippen molar-refractivity contribution in [1.82, 2.24) is 4.90 Å². The van der Waals surface area contributed by atoms with Gasteiger partial charge in [0.15, 0.2) is 0 Å². The molecule has 0 heterocycles. The molecular formula is C19H20F3N3O4. The summed E-state index contributed by atoms with van der Waals surface area (Å²) in [6.07, 6.45) is -4.41. The number of hydrogen-bond acceptors (Lipinski definition) is 5. The Balaban J connectivity index is 2.08. The van der Waals surface area contributed by atoms with Crippen LogP contribution in [-0.2, 0) is 17.5 Å². The number of likely N-dealkylation sites (N-methyl/N-ethyl adjacent to an activating group) is 1. The monoisotopic (exact) mass is 411 g/mol. The number of hydrogen-bond donors (Lipinski definition) is 1. The van der Waals surface area contributed by atoms with Gasteiger partial charge in [-0.15, -0.1) is 0 Å². The third-order valence-corrected chi connectivity index (χ3v) is 4.41. The summed E-state index contributed by atoms with van der Waals surface area (Å²) in [6, 6.07) is 7.85. The second-order valence-corrected chi connectivity index (χ2v) is 6.42. The van der Waals surface area contributed by atoms with Gasteiger partial charge in [0.05, 0.1) is 29.3 Å². The van der Waals surface area contributed by atoms with Crippen LogP contribution in [0.4, 0.5) is 24.5 Å². The minimum absolute atomic E-state index is 0.154. The predicted molar refractivity (Wildman–Crippen MR) is 101 cm³/mol. The first kappa shape index (κ1) is 22.2. The van der Waals surface area contributed by atoms with E-state index in [0.29, 0.717) is 5.56 Å². The molecular weight excluding hydrogens is 391 g/mol. The zero-order valence-corrected chi connectivity index (χ0v) is 16.0. The number of non-ortho nitro benzene ring substituents is 1. The largest absolute Gasteiger partial charge is 0.495 e. The van der Waals surface area contributed by atoms with Gasteiger partial charge >= 0.3 is 6.18 Å². The Hall–Kier alpha value is -3.14.